The summed E-state index contributed by atoms with van der Waals surface area (Å²) in [6.07, 6.45) is 0. The molecule has 2 rings (SSSR count). The van der Waals surface area contributed by atoms with Gasteiger partial charge in [0.1, 0.15) is 5.75 Å². The first kappa shape index (κ1) is 19.8. The van der Waals surface area contributed by atoms with Crippen molar-refractivity contribution >= 4 is 34.8 Å². The number of rotatable bonds is 7. The predicted octanol–water partition coefficient (Wildman–Crippen LogP) is 3.17. The number of halogens is 1. The van der Waals surface area contributed by atoms with Crippen molar-refractivity contribution in [3.05, 3.63) is 53.1 Å². The Labute approximate surface area is 158 Å². The van der Waals surface area contributed by atoms with Gasteiger partial charge in [-0.2, -0.15) is 0 Å². The summed E-state index contributed by atoms with van der Waals surface area (Å²) in [5.74, 6) is 0.0643. The Morgan fingerprint density at radius 1 is 1.04 bits per heavy atom. The summed E-state index contributed by atoms with van der Waals surface area (Å²) in [4.78, 5) is 26.0. The third-order valence-corrected chi connectivity index (χ3v) is 3.92. The molecular weight excluding hydrogens is 354 g/mol. The van der Waals surface area contributed by atoms with Gasteiger partial charge in [-0.3, -0.25) is 14.5 Å². The number of hydrogen-bond acceptors (Lipinski definition) is 4. The zero-order valence-electron chi connectivity index (χ0n) is 15.0. The number of para-hydroxylation sites is 1. The molecule has 0 aliphatic rings. The van der Waals surface area contributed by atoms with Crippen LogP contribution in [0.5, 0.6) is 5.75 Å². The summed E-state index contributed by atoms with van der Waals surface area (Å²) in [6.45, 7) is 2.07. The average molecular weight is 376 g/mol. The molecule has 0 aromatic heterocycles. The molecule has 0 radical (unpaired) electrons. The van der Waals surface area contributed by atoms with Crippen LogP contribution in [0.3, 0.4) is 0 Å². The second kappa shape index (κ2) is 9.22. The van der Waals surface area contributed by atoms with Gasteiger partial charge < -0.3 is 15.4 Å². The van der Waals surface area contributed by atoms with Crippen LogP contribution in [0.25, 0.3) is 0 Å². The molecule has 0 spiro atoms. The van der Waals surface area contributed by atoms with Crippen molar-refractivity contribution in [2.75, 3.05) is 37.9 Å². The van der Waals surface area contributed by atoms with E-state index < -0.39 is 0 Å². The molecule has 26 heavy (non-hydrogen) atoms. The number of carbonyl (C=O) groups is 2. The van der Waals surface area contributed by atoms with Crippen molar-refractivity contribution in [3.63, 3.8) is 0 Å². The number of benzene rings is 2. The van der Waals surface area contributed by atoms with Crippen molar-refractivity contribution in [3.8, 4) is 5.75 Å². The highest BCUT2D eigenvalue weighted by Crippen LogP contribution is 2.27. The number of ether oxygens (including phenoxy) is 1. The average Bonchev–Trinajstić information content (AvgIpc) is 2.56. The van der Waals surface area contributed by atoms with Crippen LogP contribution >= 0.6 is 11.6 Å². The molecule has 7 heteroatoms. The minimum atomic E-state index is -0.267. The number of hydrogen-bond donors (Lipinski definition) is 2. The molecule has 0 saturated carbocycles. The second-order valence-electron chi connectivity index (χ2n) is 5.93. The third kappa shape index (κ3) is 5.75. The van der Waals surface area contributed by atoms with Gasteiger partial charge in [0.25, 0.3) is 0 Å². The van der Waals surface area contributed by atoms with E-state index in [0.717, 1.165) is 11.3 Å². The number of carbonyl (C=O) groups excluding carboxylic acids is 2. The topological polar surface area (TPSA) is 70.7 Å². The summed E-state index contributed by atoms with van der Waals surface area (Å²) in [5.41, 5.74) is 2.23. The Balaban J connectivity index is 1.88. The van der Waals surface area contributed by atoms with Gasteiger partial charge in [0, 0.05) is 10.7 Å². The van der Waals surface area contributed by atoms with E-state index in [0.29, 0.717) is 16.5 Å². The van der Waals surface area contributed by atoms with Gasteiger partial charge in [-0.15, -0.1) is 0 Å². The fourth-order valence-electron chi connectivity index (χ4n) is 2.42. The van der Waals surface area contributed by atoms with E-state index >= 15 is 0 Å². The van der Waals surface area contributed by atoms with Gasteiger partial charge in [-0.25, -0.2) is 0 Å². The monoisotopic (exact) mass is 375 g/mol. The predicted molar refractivity (Wildman–Crippen MR) is 104 cm³/mol. The summed E-state index contributed by atoms with van der Waals surface area (Å²) in [6, 6.07) is 12.5. The lowest BCUT2D eigenvalue weighted by Gasteiger charge is -2.17. The van der Waals surface area contributed by atoms with E-state index in [-0.39, 0.29) is 24.9 Å². The quantitative estimate of drug-likeness (QED) is 0.779. The van der Waals surface area contributed by atoms with Gasteiger partial charge in [0.05, 0.1) is 25.9 Å². The van der Waals surface area contributed by atoms with Crippen LogP contribution in [0.15, 0.2) is 42.5 Å². The van der Waals surface area contributed by atoms with E-state index in [9.17, 15) is 9.59 Å². The van der Waals surface area contributed by atoms with E-state index in [4.69, 9.17) is 16.3 Å². The number of anilines is 2. The first-order valence-electron chi connectivity index (χ1n) is 8.06. The van der Waals surface area contributed by atoms with E-state index in [1.165, 1.54) is 7.11 Å². The highest BCUT2D eigenvalue weighted by Gasteiger charge is 2.13. The molecule has 2 aromatic carbocycles. The maximum atomic E-state index is 12.2. The minimum absolute atomic E-state index is 0.0524. The lowest BCUT2D eigenvalue weighted by Crippen LogP contribution is -2.36. The van der Waals surface area contributed by atoms with Crippen LogP contribution in [-0.4, -0.2) is 44.0 Å². The van der Waals surface area contributed by atoms with Crippen molar-refractivity contribution in [1.82, 2.24) is 4.90 Å². The Hall–Kier alpha value is -2.57. The first-order chi connectivity index (χ1) is 12.4. The van der Waals surface area contributed by atoms with Gasteiger partial charge in [-0.1, -0.05) is 29.8 Å². The highest BCUT2D eigenvalue weighted by molar-refractivity contribution is 6.31. The van der Waals surface area contributed by atoms with E-state index in [1.807, 2.05) is 31.2 Å². The number of methoxy groups -OCH3 is 1. The maximum absolute atomic E-state index is 12.2. The van der Waals surface area contributed by atoms with Crippen LogP contribution in [0.4, 0.5) is 11.4 Å². The van der Waals surface area contributed by atoms with Gasteiger partial charge in [0.2, 0.25) is 11.8 Å². The minimum Gasteiger partial charge on any atom is -0.495 e. The molecule has 2 N–H and O–H groups in total. The Bertz CT molecular complexity index is 795. The normalized spacial score (nSPS) is 10.5. The third-order valence-electron chi connectivity index (χ3n) is 3.68. The molecule has 0 heterocycles. The number of nitrogens with one attached hydrogen (secondary N) is 2. The van der Waals surface area contributed by atoms with E-state index in [2.05, 4.69) is 10.6 Å². The molecule has 0 bridgehead atoms. The van der Waals surface area contributed by atoms with Crippen LogP contribution in [0.2, 0.25) is 5.02 Å². The molecule has 0 aliphatic heterocycles. The summed E-state index contributed by atoms with van der Waals surface area (Å²) < 4.78 is 5.20. The highest BCUT2D eigenvalue weighted by atomic mass is 35.5. The second-order valence-corrected chi connectivity index (χ2v) is 6.36. The lowest BCUT2D eigenvalue weighted by atomic mass is 10.2. The van der Waals surface area contributed by atoms with Gasteiger partial charge >= 0.3 is 0 Å². The number of amides is 2. The maximum Gasteiger partial charge on any atom is 0.238 e. The molecule has 0 atom stereocenters. The molecule has 2 aromatic rings. The summed E-state index contributed by atoms with van der Waals surface area (Å²) >= 11 is 5.95. The number of aryl methyl sites for hydroxylation is 1. The molecule has 138 valence electrons. The van der Waals surface area contributed by atoms with Crippen molar-refractivity contribution in [2.45, 2.75) is 6.92 Å². The lowest BCUT2D eigenvalue weighted by molar-refractivity contribution is -0.119. The smallest absolute Gasteiger partial charge is 0.238 e. The molecule has 0 aliphatic carbocycles. The first-order valence-corrected chi connectivity index (χ1v) is 8.44. The summed E-state index contributed by atoms with van der Waals surface area (Å²) in [5, 5.41) is 6.08. The molecule has 0 saturated heterocycles. The fraction of sp³-hybridized carbons (Fsp3) is 0.263. The molecule has 2 amide bonds. The largest absolute Gasteiger partial charge is 0.495 e. The fourth-order valence-corrected chi connectivity index (χ4v) is 2.59. The molecular formula is C19H22ClN3O3. The molecule has 6 nitrogen and oxygen atoms in total. The standard InChI is InChI=1S/C19H22ClN3O3/c1-13-6-4-5-7-15(13)21-18(24)11-23(2)12-19(25)22-16-10-14(20)8-9-17(16)26-3/h4-10H,11-12H2,1-3H3,(H,21,24)(H,22,25). The Morgan fingerprint density at radius 2 is 1.65 bits per heavy atom. The van der Waals surface area contributed by atoms with Crippen molar-refractivity contribution in [1.29, 1.82) is 0 Å². The summed E-state index contributed by atoms with van der Waals surface area (Å²) in [7, 11) is 3.22. The SMILES string of the molecule is COc1ccc(Cl)cc1NC(=O)CN(C)CC(=O)Nc1ccccc1C. The van der Waals surface area contributed by atoms with Crippen molar-refractivity contribution in [2.24, 2.45) is 0 Å². The van der Waals surface area contributed by atoms with Crippen LogP contribution in [-0.2, 0) is 9.59 Å². The zero-order chi connectivity index (χ0) is 19.1. The Morgan fingerprint density at radius 3 is 2.27 bits per heavy atom. The van der Waals surface area contributed by atoms with Crippen LogP contribution in [0, 0.1) is 6.92 Å². The number of nitrogens with zero attached hydrogens (tertiary/aromatic N) is 1. The van der Waals surface area contributed by atoms with E-state index in [1.54, 1.807) is 30.1 Å². The Kier molecular flexibility index (Phi) is 7.00. The zero-order valence-corrected chi connectivity index (χ0v) is 15.8. The van der Waals surface area contributed by atoms with Gasteiger partial charge in [0.15, 0.2) is 0 Å². The van der Waals surface area contributed by atoms with Crippen molar-refractivity contribution < 1.29 is 14.3 Å². The molecule has 0 unspecified atom stereocenters. The van der Waals surface area contributed by atoms with Crippen LogP contribution < -0.4 is 15.4 Å². The molecule has 0 fully saturated rings. The number of likely N-dealkylation sites (N-methyl/N-ethyl adjacent to an activating group) is 1. The van der Waals surface area contributed by atoms with Crippen LogP contribution in [0.1, 0.15) is 5.56 Å². The van der Waals surface area contributed by atoms with Gasteiger partial charge in [-0.05, 0) is 43.8 Å².